The van der Waals surface area contributed by atoms with Crippen molar-refractivity contribution in [2.24, 2.45) is 0 Å². The third-order valence-electron chi connectivity index (χ3n) is 4.23. The van der Waals surface area contributed by atoms with Gasteiger partial charge in [0.1, 0.15) is 11.4 Å². The Morgan fingerprint density at radius 3 is 2.81 bits per heavy atom. The first-order valence-corrected chi connectivity index (χ1v) is 7.06. The molecule has 0 aliphatic heterocycles. The number of pyridine rings is 1. The summed E-state index contributed by atoms with van der Waals surface area (Å²) in [5.74, 6) is -0.569. The first kappa shape index (κ1) is 13.8. The molecule has 5 nitrogen and oxygen atoms in total. The molecule has 0 amide bonds. The van der Waals surface area contributed by atoms with Crippen LogP contribution >= 0.6 is 0 Å². The quantitative estimate of drug-likeness (QED) is 0.884. The second-order valence-corrected chi connectivity index (χ2v) is 5.48. The van der Waals surface area contributed by atoms with E-state index in [-0.39, 0.29) is 11.2 Å². The Hall–Kier alpha value is -2.14. The number of hydrogen-bond donors (Lipinski definition) is 2. The van der Waals surface area contributed by atoms with E-state index in [1.165, 1.54) is 0 Å². The average Bonchev–Trinajstić information content (AvgIpc) is 2.45. The summed E-state index contributed by atoms with van der Waals surface area (Å²) in [4.78, 5) is 15.9. The van der Waals surface area contributed by atoms with Gasteiger partial charge in [0.05, 0.1) is 11.1 Å². The average molecular weight is 286 g/mol. The van der Waals surface area contributed by atoms with Crippen LogP contribution in [0.25, 0.3) is 10.9 Å². The van der Waals surface area contributed by atoms with Crippen molar-refractivity contribution in [1.29, 1.82) is 0 Å². The number of rotatable bonds is 5. The monoisotopic (exact) mass is 286 g/mol. The third kappa shape index (κ3) is 2.56. The van der Waals surface area contributed by atoms with Crippen LogP contribution in [0.4, 0.5) is 5.82 Å². The molecule has 1 aliphatic carbocycles. The highest BCUT2D eigenvalue weighted by atomic mass is 16.5. The van der Waals surface area contributed by atoms with Crippen molar-refractivity contribution in [1.82, 2.24) is 4.98 Å². The molecule has 0 radical (unpaired) electrons. The number of benzene rings is 1. The number of hydrogen-bond acceptors (Lipinski definition) is 4. The Kier molecular flexibility index (Phi) is 3.51. The molecular formula is C16H18N2O3. The predicted octanol–water partition coefficient (Wildman–Crippen LogP) is 2.91. The third-order valence-corrected chi connectivity index (χ3v) is 4.23. The van der Waals surface area contributed by atoms with Gasteiger partial charge in [0, 0.05) is 19.0 Å². The highest BCUT2D eigenvalue weighted by Crippen LogP contribution is 2.35. The maximum atomic E-state index is 11.4. The van der Waals surface area contributed by atoms with Gasteiger partial charge in [0.25, 0.3) is 0 Å². The van der Waals surface area contributed by atoms with Gasteiger partial charge < -0.3 is 15.2 Å². The number of carboxylic acid groups (broad SMARTS) is 1. The topological polar surface area (TPSA) is 71.5 Å². The van der Waals surface area contributed by atoms with Gasteiger partial charge in [0.15, 0.2) is 0 Å². The molecule has 1 aliphatic rings. The Bertz CT molecular complexity index is 675. The van der Waals surface area contributed by atoms with Gasteiger partial charge in [-0.3, -0.25) is 0 Å². The standard InChI is InChI=1S/C16H18N2O3/c1-21-16(7-4-8-16)10-17-14-12(15(19)20)9-11-5-2-3-6-13(11)18-14/h2-3,5-6,9H,4,7-8,10H2,1H3,(H,17,18)(H,19,20). The summed E-state index contributed by atoms with van der Waals surface area (Å²) < 4.78 is 5.55. The maximum Gasteiger partial charge on any atom is 0.339 e. The highest BCUT2D eigenvalue weighted by molar-refractivity contribution is 5.98. The smallest absolute Gasteiger partial charge is 0.339 e. The summed E-state index contributed by atoms with van der Waals surface area (Å²) in [6.45, 7) is 0.578. The molecule has 2 aromatic rings. The van der Waals surface area contributed by atoms with Crippen LogP contribution in [0.3, 0.4) is 0 Å². The lowest BCUT2D eigenvalue weighted by atomic mass is 9.80. The number of fused-ring (bicyclic) bond motifs is 1. The summed E-state index contributed by atoms with van der Waals surface area (Å²) in [7, 11) is 1.70. The van der Waals surface area contributed by atoms with Crippen LogP contribution in [-0.4, -0.2) is 35.3 Å². The number of aromatic carboxylic acids is 1. The van der Waals surface area contributed by atoms with Gasteiger partial charge in [-0.05, 0) is 31.4 Å². The van der Waals surface area contributed by atoms with Gasteiger partial charge in [-0.1, -0.05) is 18.2 Å². The van der Waals surface area contributed by atoms with Crippen molar-refractivity contribution in [3.05, 3.63) is 35.9 Å². The molecule has 0 unspecified atom stereocenters. The Labute approximate surface area is 123 Å². The minimum Gasteiger partial charge on any atom is -0.478 e. The van der Waals surface area contributed by atoms with E-state index in [4.69, 9.17) is 4.74 Å². The molecule has 0 atom stereocenters. The SMILES string of the molecule is COC1(CNc2nc3ccccc3cc2C(=O)O)CCC1. The lowest BCUT2D eigenvalue weighted by Gasteiger charge is -2.40. The zero-order valence-corrected chi connectivity index (χ0v) is 11.9. The second kappa shape index (κ2) is 5.33. The summed E-state index contributed by atoms with van der Waals surface area (Å²) in [5, 5.41) is 13.4. The molecule has 0 spiro atoms. The largest absolute Gasteiger partial charge is 0.478 e. The van der Waals surface area contributed by atoms with Crippen LogP contribution in [0.1, 0.15) is 29.6 Å². The number of ether oxygens (including phenoxy) is 1. The number of nitrogens with zero attached hydrogens (tertiary/aromatic N) is 1. The van der Waals surface area contributed by atoms with Gasteiger partial charge in [-0.25, -0.2) is 9.78 Å². The molecule has 1 heterocycles. The normalized spacial score (nSPS) is 16.4. The van der Waals surface area contributed by atoms with E-state index in [0.717, 1.165) is 30.2 Å². The molecule has 110 valence electrons. The molecule has 1 saturated carbocycles. The highest BCUT2D eigenvalue weighted by Gasteiger charge is 2.37. The van der Waals surface area contributed by atoms with E-state index < -0.39 is 5.97 Å². The Morgan fingerprint density at radius 1 is 1.43 bits per heavy atom. The molecule has 0 saturated heterocycles. The summed E-state index contributed by atoms with van der Waals surface area (Å²) in [6.07, 6.45) is 3.13. The Morgan fingerprint density at radius 2 is 2.19 bits per heavy atom. The van der Waals surface area contributed by atoms with Crippen molar-refractivity contribution in [2.75, 3.05) is 19.0 Å². The zero-order chi connectivity index (χ0) is 14.9. The lowest BCUT2D eigenvalue weighted by Crippen LogP contribution is -2.45. The first-order chi connectivity index (χ1) is 10.1. The fourth-order valence-corrected chi connectivity index (χ4v) is 2.68. The lowest BCUT2D eigenvalue weighted by molar-refractivity contribution is -0.0601. The van der Waals surface area contributed by atoms with Crippen molar-refractivity contribution >= 4 is 22.7 Å². The zero-order valence-electron chi connectivity index (χ0n) is 11.9. The first-order valence-electron chi connectivity index (χ1n) is 7.06. The van der Waals surface area contributed by atoms with Crippen molar-refractivity contribution in [3.8, 4) is 0 Å². The van der Waals surface area contributed by atoms with Gasteiger partial charge in [-0.2, -0.15) is 0 Å². The number of aromatic nitrogens is 1. The fraction of sp³-hybridized carbons (Fsp3) is 0.375. The molecule has 21 heavy (non-hydrogen) atoms. The van der Waals surface area contributed by atoms with E-state index >= 15 is 0 Å². The van der Waals surface area contributed by atoms with E-state index in [1.54, 1.807) is 13.2 Å². The second-order valence-electron chi connectivity index (χ2n) is 5.48. The molecule has 3 rings (SSSR count). The number of methoxy groups -OCH3 is 1. The van der Waals surface area contributed by atoms with Gasteiger partial charge in [-0.15, -0.1) is 0 Å². The number of anilines is 1. The molecule has 2 N–H and O–H groups in total. The number of nitrogens with one attached hydrogen (secondary N) is 1. The van der Waals surface area contributed by atoms with Crippen LogP contribution in [0.5, 0.6) is 0 Å². The number of carbonyl (C=O) groups is 1. The van der Waals surface area contributed by atoms with E-state index in [1.807, 2.05) is 24.3 Å². The minimum atomic E-state index is -0.976. The molecule has 1 fully saturated rings. The van der Waals surface area contributed by atoms with E-state index in [2.05, 4.69) is 10.3 Å². The summed E-state index contributed by atoms with van der Waals surface area (Å²) in [5.41, 5.74) is 0.799. The Balaban J connectivity index is 1.92. The molecule has 1 aromatic heterocycles. The molecule has 5 heteroatoms. The van der Waals surface area contributed by atoms with Crippen molar-refractivity contribution in [2.45, 2.75) is 24.9 Å². The van der Waals surface area contributed by atoms with Crippen LogP contribution < -0.4 is 5.32 Å². The molecule has 0 bridgehead atoms. The fourth-order valence-electron chi connectivity index (χ4n) is 2.68. The number of carboxylic acids is 1. The predicted molar refractivity (Wildman–Crippen MR) is 80.8 cm³/mol. The van der Waals surface area contributed by atoms with Gasteiger partial charge in [0.2, 0.25) is 0 Å². The summed E-state index contributed by atoms with van der Waals surface area (Å²) in [6, 6.07) is 9.16. The van der Waals surface area contributed by atoms with Crippen LogP contribution in [0, 0.1) is 0 Å². The molecular weight excluding hydrogens is 268 g/mol. The van der Waals surface area contributed by atoms with Crippen LogP contribution in [-0.2, 0) is 4.74 Å². The van der Waals surface area contributed by atoms with Crippen LogP contribution in [0.15, 0.2) is 30.3 Å². The maximum absolute atomic E-state index is 11.4. The van der Waals surface area contributed by atoms with Crippen molar-refractivity contribution < 1.29 is 14.6 Å². The minimum absolute atomic E-state index is 0.177. The summed E-state index contributed by atoms with van der Waals surface area (Å²) >= 11 is 0. The van der Waals surface area contributed by atoms with Crippen LogP contribution in [0.2, 0.25) is 0 Å². The van der Waals surface area contributed by atoms with E-state index in [0.29, 0.717) is 12.4 Å². The van der Waals surface area contributed by atoms with Crippen molar-refractivity contribution in [3.63, 3.8) is 0 Å². The molecule has 1 aromatic carbocycles. The van der Waals surface area contributed by atoms with E-state index in [9.17, 15) is 9.90 Å². The van der Waals surface area contributed by atoms with Gasteiger partial charge >= 0.3 is 5.97 Å². The number of para-hydroxylation sites is 1.